The van der Waals surface area contributed by atoms with Crippen molar-refractivity contribution >= 4 is 44.4 Å². The van der Waals surface area contributed by atoms with E-state index in [-0.39, 0.29) is 4.90 Å². The zero-order valence-electron chi connectivity index (χ0n) is 11.5. The van der Waals surface area contributed by atoms with Gasteiger partial charge >= 0.3 is 0 Å². The molecule has 1 aromatic carbocycles. The van der Waals surface area contributed by atoms with Crippen LogP contribution in [0.1, 0.15) is 24.2 Å². The Hall–Kier alpha value is -1.37. The minimum absolute atomic E-state index is 0.142. The van der Waals surface area contributed by atoms with E-state index in [9.17, 15) is 13.2 Å². The second kappa shape index (κ2) is 6.17. The van der Waals surface area contributed by atoms with Crippen LogP contribution in [0, 0.1) is 0 Å². The van der Waals surface area contributed by atoms with E-state index in [1.54, 1.807) is 43.5 Å². The van der Waals surface area contributed by atoms with Crippen molar-refractivity contribution < 1.29 is 13.2 Å². The average molecular weight is 344 g/mol. The largest absolute Gasteiger partial charge is 0.320 e. The van der Waals surface area contributed by atoms with Gasteiger partial charge in [0.05, 0.1) is 21.5 Å². The summed E-state index contributed by atoms with van der Waals surface area (Å²) in [4.78, 5) is 12.3. The van der Waals surface area contributed by atoms with E-state index >= 15 is 0 Å². The molecule has 0 saturated heterocycles. The summed E-state index contributed by atoms with van der Waals surface area (Å²) in [6.45, 7) is 3.21. The van der Waals surface area contributed by atoms with E-state index in [1.165, 1.54) is 16.7 Å². The minimum Gasteiger partial charge on any atom is -0.320 e. The van der Waals surface area contributed by atoms with Crippen LogP contribution in [0.15, 0.2) is 39.9 Å². The van der Waals surface area contributed by atoms with Gasteiger partial charge in [0.25, 0.3) is 5.91 Å². The lowest BCUT2D eigenvalue weighted by Crippen LogP contribution is -2.18. The fourth-order valence-corrected chi connectivity index (χ4v) is 4.25. The Bertz CT molecular complexity index is 766. The molecule has 1 heterocycles. The summed E-state index contributed by atoms with van der Waals surface area (Å²) in [5.74, 6) is -0.431. The first-order valence-corrected chi connectivity index (χ1v) is 9.06. The third kappa shape index (κ3) is 3.28. The van der Waals surface area contributed by atoms with Gasteiger partial charge in [-0.1, -0.05) is 23.7 Å². The van der Waals surface area contributed by atoms with Crippen molar-refractivity contribution in [3.63, 3.8) is 0 Å². The molecule has 2 rings (SSSR count). The number of benzene rings is 1. The van der Waals surface area contributed by atoms with Crippen molar-refractivity contribution in [3.05, 3.63) is 45.6 Å². The maximum absolute atomic E-state index is 12.2. The molecule has 0 bridgehead atoms. The number of hydrogen-bond donors (Lipinski definition) is 1. The SMILES string of the molecule is CC(C)S(=O)(=O)c1cscc1NC(=O)c1ccccc1Cl. The van der Waals surface area contributed by atoms with Crippen molar-refractivity contribution in [3.8, 4) is 0 Å². The third-order valence-corrected chi connectivity index (χ3v) is 6.33. The number of halogens is 1. The molecule has 4 nitrogen and oxygen atoms in total. The average Bonchev–Trinajstić information content (AvgIpc) is 2.87. The van der Waals surface area contributed by atoms with Gasteiger partial charge in [0.2, 0.25) is 0 Å². The molecule has 0 saturated carbocycles. The molecule has 0 aliphatic rings. The molecule has 0 spiro atoms. The van der Waals surface area contributed by atoms with Crippen LogP contribution in [0.2, 0.25) is 5.02 Å². The van der Waals surface area contributed by atoms with Gasteiger partial charge in [0, 0.05) is 10.8 Å². The van der Waals surface area contributed by atoms with Crippen LogP contribution in [0.5, 0.6) is 0 Å². The van der Waals surface area contributed by atoms with Crippen LogP contribution in [0.4, 0.5) is 5.69 Å². The number of rotatable bonds is 4. The van der Waals surface area contributed by atoms with Gasteiger partial charge in [-0.3, -0.25) is 4.79 Å². The Kier molecular flexibility index (Phi) is 4.70. The molecule has 7 heteroatoms. The highest BCUT2D eigenvalue weighted by Crippen LogP contribution is 2.29. The summed E-state index contributed by atoms with van der Waals surface area (Å²) in [6.07, 6.45) is 0. The molecule has 1 aromatic heterocycles. The van der Waals surface area contributed by atoms with Crippen LogP contribution in [-0.2, 0) is 9.84 Å². The second-order valence-electron chi connectivity index (χ2n) is 4.68. The van der Waals surface area contributed by atoms with Crippen molar-refractivity contribution in [2.45, 2.75) is 24.0 Å². The normalized spacial score (nSPS) is 11.6. The molecule has 112 valence electrons. The summed E-state index contributed by atoms with van der Waals surface area (Å²) in [5.41, 5.74) is 0.594. The predicted molar refractivity (Wildman–Crippen MR) is 86.0 cm³/mol. The lowest BCUT2D eigenvalue weighted by atomic mass is 10.2. The molecule has 0 aliphatic heterocycles. The Morgan fingerprint density at radius 3 is 2.52 bits per heavy atom. The van der Waals surface area contributed by atoms with Gasteiger partial charge in [0.15, 0.2) is 9.84 Å². The second-order valence-corrected chi connectivity index (χ2v) is 8.30. The summed E-state index contributed by atoms with van der Waals surface area (Å²) in [5, 5.41) is 5.51. The number of nitrogens with one attached hydrogen (secondary N) is 1. The first-order valence-electron chi connectivity index (χ1n) is 6.20. The van der Waals surface area contributed by atoms with E-state index in [1.807, 2.05) is 0 Å². The van der Waals surface area contributed by atoms with Gasteiger partial charge in [0.1, 0.15) is 4.90 Å². The van der Waals surface area contributed by atoms with Gasteiger partial charge in [-0.05, 0) is 26.0 Å². The number of anilines is 1. The van der Waals surface area contributed by atoms with Crippen molar-refractivity contribution in [2.24, 2.45) is 0 Å². The van der Waals surface area contributed by atoms with Gasteiger partial charge in [-0.25, -0.2) is 8.42 Å². The molecule has 0 atom stereocenters. The highest BCUT2D eigenvalue weighted by Gasteiger charge is 2.24. The molecule has 0 unspecified atom stereocenters. The van der Waals surface area contributed by atoms with Crippen LogP contribution < -0.4 is 5.32 Å². The van der Waals surface area contributed by atoms with E-state index < -0.39 is 21.0 Å². The van der Waals surface area contributed by atoms with Crippen molar-refractivity contribution in [2.75, 3.05) is 5.32 Å². The van der Waals surface area contributed by atoms with E-state index in [4.69, 9.17) is 11.6 Å². The number of thiophene rings is 1. The van der Waals surface area contributed by atoms with Crippen LogP contribution in [0.25, 0.3) is 0 Å². The zero-order valence-corrected chi connectivity index (χ0v) is 13.8. The molecule has 0 fully saturated rings. The summed E-state index contributed by atoms with van der Waals surface area (Å²) >= 11 is 7.19. The molecule has 1 N–H and O–H groups in total. The summed E-state index contributed by atoms with van der Waals surface area (Å²) in [7, 11) is -3.44. The highest BCUT2D eigenvalue weighted by atomic mass is 35.5. The Labute approximate surface area is 132 Å². The standard InChI is InChI=1S/C14H14ClNO3S2/c1-9(2)21(18,19)13-8-20-7-12(13)16-14(17)10-5-3-4-6-11(10)15/h3-9H,1-2H3,(H,16,17). The number of hydrogen-bond acceptors (Lipinski definition) is 4. The van der Waals surface area contributed by atoms with Gasteiger partial charge in [-0.15, -0.1) is 11.3 Å². The van der Waals surface area contributed by atoms with E-state index in [0.29, 0.717) is 16.3 Å². The minimum atomic E-state index is -3.44. The van der Waals surface area contributed by atoms with Gasteiger partial charge < -0.3 is 5.32 Å². The molecule has 1 amide bonds. The first-order chi connectivity index (χ1) is 9.84. The fourth-order valence-electron chi connectivity index (χ4n) is 1.69. The number of carbonyl (C=O) groups excluding carboxylic acids is 1. The lowest BCUT2D eigenvalue weighted by Gasteiger charge is -2.10. The predicted octanol–water partition coefficient (Wildman–Crippen LogP) is 3.84. The Morgan fingerprint density at radius 1 is 1.24 bits per heavy atom. The van der Waals surface area contributed by atoms with Crippen molar-refractivity contribution in [1.82, 2.24) is 0 Å². The Balaban J connectivity index is 2.33. The maximum atomic E-state index is 12.2. The topological polar surface area (TPSA) is 63.2 Å². The first kappa shape index (κ1) is 16.0. The fraction of sp³-hybridized carbons (Fsp3) is 0.214. The highest BCUT2D eigenvalue weighted by molar-refractivity contribution is 7.92. The number of carbonyl (C=O) groups is 1. The van der Waals surface area contributed by atoms with Crippen LogP contribution >= 0.6 is 22.9 Å². The number of sulfone groups is 1. The quantitative estimate of drug-likeness (QED) is 0.917. The molecule has 2 aromatic rings. The molecule has 21 heavy (non-hydrogen) atoms. The third-order valence-electron chi connectivity index (χ3n) is 2.92. The molecular weight excluding hydrogens is 330 g/mol. The summed E-state index contributed by atoms with van der Waals surface area (Å²) in [6, 6.07) is 6.61. The van der Waals surface area contributed by atoms with Gasteiger partial charge in [-0.2, -0.15) is 0 Å². The smallest absolute Gasteiger partial charge is 0.257 e. The molecule has 0 radical (unpaired) electrons. The maximum Gasteiger partial charge on any atom is 0.257 e. The lowest BCUT2D eigenvalue weighted by molar-refractivity contribution is 0.102. The van der Waals surface area contributed by atoms with Crippen LogP contribution in [-0.4, -0.2) is 19.6 Å². The van der Waals surface area contributed by atoms with Crippen LogP contribution in [0.3, 0.4) is 0 Å². The van der Waals surface area contributed by atoms with E-state index in [2.05, 4.69) is 5.32 Å². The molecular formula is C14H14ClNO3S2. The zero-order chi connectivity index (χ0) is 15.6. The monoisotopic (exact) mass is 343 g/mol. The van der Waals surface area contributed by atoms with Crippen molar-refractivity contribution in [1.29, 1.82) is 0 Å². The summed E-state index contributed by atoms with van der Waals surface area (Å²) < 4.78 is 24.5. The van der Waals surface area contributed by atoms with E-state index in [0.717, 1.165) is 0 Å². The molecule has 0 aliphatic carbocycles. The number of amides is 1. The Morgan fingerprint density at radius 2 is 1.90 bits per heavy atom.